The topological polar surface area (TPSA) is 56.3 Å². The molecule has 108 valence electrons. The molecule has 0 spiro atoms. The largest absolute Gasteiger partial charge is 0.378 e. The number of ether oxygens (including phenoxy) is 2. The molecule has 19 heavy (non-hydrogen) atoms. The van der Waals surface area contributed by atoms with Crippen LogP contribution in [0.3, 0.4) is 0 Å². The van der Waals surface area contributed by atoms with Gasteiger partial charge in [0.15, 0.2) is 5.82 Å². The van der Waals surface area contributed by atoms with Gasteiger partial charge in [0.25, 0.3) is 0 Å². The highest BCUT2D eigenvalue weighted by atomic mass is 79.9. The summed E-state index contributed by atoms with van der Waals surface area (Å²) >= 11 is 3.52. The third-order valence-electron chi connectivity index (χ3n) is 3.14. The molecule has 0 saturated heterocycles. The highest BCUT2D eigenvalue weighted by molar-refractivity contribution is 9.10. The van der Waals surface area contributed by atoms with Crippen molar-refractivity contribution in [3.8, 4) is 0 Å². The summed E-state index contributed by atoms with van der Waals surface area (Å²) in [6.45, 7) is 7.29. The van der Waals surface area contributed by atoms with Crippen LogP contribution in [0, 0.1) is 0 Å². The van der Waals surface area contributed by atoms with E-state index in [0.29, 0.717) is 12.4 Å². The molecule has 0 aliphatic heterocycles. The Morgan fingerprint density at radius 2 is 1.95 bits per heavy atom. The number of nitrogens with one attached hydrogen (secondary N) is 1. The summed E-state index contributed by atoms with van der Waals surface area (Å²) in [5.41, 5.74) is 0.327. The summed E-state index contributed by atoms with van der Waals surface area (Å²) in [6.07, 6.45) is 0.795. The molecule has 1 N–H and O–H groups in total. The van der Waals surface area contributed by atoms with Crippen LogP contribution in [0.25, 0.3) is 0 Å². The maximum Gasteiger partial charge on any atom is 0.162 e. The second kappa shape index (κ2) is 7.17. The Hall–Kier alpha value is -0.720. The Balaban J connectivity index is 3.32. The summed E-state index contributed by atoms with van der Waals surface area (Å²) < 4.78 is 11.6. The van der Waals surface area contributed by atoms with E-state index in [9.17, 15) is 0 Å². The highest BCUT2D eigenvalue weighted by Crippen LogP contribution is 2.31. The predicted octanol–water partition coefficient (Wildman–Crippen LogP) is 3.09. The number of nitrogens with zero attached hydrogens (tertiary/aromatic N) is 2. The third kappa shape index (κ3) is 3.64. The van der Waals surface area contributed by atoms with Gasteiger partial charge in [-0.25, -0.2) is 9.97 Å². The molecule has 1 aromatic heterocycles. The number of rotatable bonds is 7. The Morgan fingerprint density at radius 3 is 2.42 bits per heavy atom. The molecule has 1 heterocycles. The fourth-order valence-corrected chi connectivity index (χ4v) is 2.07. The molecule has 1 aromatic rings. The average Bonchev–Trinajstić information content (AvgIpc) is 2.42. The van der Waals surface area contributed by atoms with Crippen molar-refractivity contribution in [2.75, 3.05) is 26.1 Å². The lowest BCUT2D eigenvalue weighted by Crippen LogP contribution is -2.27. The van der Waals surface area contributed by atoms with Gasteiger partial charge in [-0.2, -0.15) is 0 Å². The molecule has 0 aromatic carbocycles. The molecule has 6 heteroatoms. The van der Waals surface area contributed by atoms with Gasteiger partial charge in [0.2, 0.25) is 0 Å². The fourth-order valence-electron chi connectivity index (χ4n) is 1.64. The van der Waals surface area contributed by atoms with E-state index in [-0.39, 0.29) is 0 Å². The van der Waals surface area contributed by atoms with Crippen molar-refractivity contribution < 1.29 is 9.47 Å². The highest BCUT2D eigenvalue weighted by Gasteiger charge is 2.29. The zero-order valence-corrected chi connectivity index (χ0v) is 13.8. The number of halogens is 1. The first-order chi connectivity index (χ1) is 9.02. The zero-order chi connectivity index (χ0) is 14.5. The van der Waals surface area contributed by atoms with Gasteiger partial charge in [0.1, 0.15) is 11.4 Å². The van der Waals surface area contributed by atoms with E-state index in [0.717, 1.165) is 29.0 Å². The minimum atomic E-state index is -0.493. The van der Waals surface area contributed by atoms with Crippen molar-refractivity contribution in [2.24, 2.45) is 0 Å². The van der Waals surface area contributed by atoms with Crippen molar-refractivity contribution in [1.82, 2.24) is 9.97 Å². The molecule has 0 bridgehead atoms. The lowest BCUT2D eigenvalue weighted by atomic mass is 10.0. The van der Waals surface area contributed by atoms with Crippen molar-refractivity contribution >= 4 is 21.7 Å². The van der Waals surface area contributed by atoms with E-state index in [1.807, 2.05) is 13.8 Å². The summed E-state index contributed by atoms with van der Waals surface area (Å²) in [5.74, 6) is 1.44. The molecular formula is C13H22BrN3O2. The Morgan fingerprint density at radius 1 is 1.26 bits per heavy atom. The normalized spacial score (nSPS) is 14.2. The number of hydrogen-bond donors (Lipinski definition) is 1. The summed E-state index contributed by atoms with van der Waals surface area (Å²) in [6, 6.07) is 0. The summed E-state index contributed by atoms with van der Waals surface area (Å²) in [5, 5.41) is 3.23. The molecule has 1 atom stereocenters. The van der Waals surface area contributed by atoms with E-state index < -0.39 is 5.60 Å². The van der Waals surface area contributed by atoms with Crippen LogP contribution >= 0.6 is 15.9 Å². The van der Waals surface area contributed by atoms with Crippen LogP contribution in [-0.2, 0) is 21.7 Å². The van der Waals surface area contributed by atoms with Crippen molar-refractivity contribution in [1.29, 1.82) is 0 Å². The van der Waals surface area contributed by atoms with Crippen molar-refractivity contribution in [3.05, 3.63) is 16.0 Å². The zero-order valence-electron chi connectivity index (χ0n) is 12.2. The van der Waals surface area contributed by atoms with E-state index in [1.165, 1.54) is 0 Å². The van der Waals surface area contributed by atoms with Gasteiger partial charge in [-0.3, -0.25) is 0 Å². The number of methoxy groups -OCH3 is 2. The number of aromatic nitrogens is 2. The van der Waals surface area contributed by atoms with Crippen LogP contribution in [-0.4, -0.2) is 30.7 Å². The van der Waals surface area contributed by atoms with E-state index >= 15 is 0 Å². The summed E-state index contributed by atoms with van der Waals surface area (Å²) in [7, 11) is 3.33. The predicted molar refractivity (Wildman–Crippen MR) is 79.3 cm³/mol. The SMILES string of the molecule is CCNc1nc(C(C)(CC)OC)nc(COC)c1Br. The second-order valence-corrected chi connectivity index (χ2v) is 5.20. The minimum Gasteiger partial charge on any atom is -0.378 e. The first-order valence-electron chi connectivity index (χ1n) is 6.37. The van der Waals surface area contributed by atoms with E-state index in [2.05, 4.69) is 38.1 Å². The van der Waals surface area contributed by atoms with Gasteiger partial charge in [-0.15, -0.1) is 0 Å². The van der Waals surface area contributed by atoms with Gasteiger partial charge in [0, 0.05) is 20.8 Å². The number of anilines is 1. The quantitative estimate of drug-likeness (QED) is 0.831. The molecule has 1 rings (SSSR count). The van der Waals surface area contributed by atoms with E-state index in [4.69, 9.17) is 9.47 Å². The Kier molecular flexibility index (Phi) is 6.16. The van der Waals surface area contributed by atoms with Gasteiger partial charge < -0.3 is 14.8 Å². The van der Waals surface area contributed by atoms with Gasteiger partial charge in [0.05, 0.1) is 16.8 Å². The van der Waals surface area contributed by atoms with Crippen LogP contribution in [0.2, 0.25) is 0 Å². The van der Waals surface area contributed by atoms with Crippen LogP contribution in [0.15, 0.2) is 4.47 Å². The molecule has 0 saturated carbocycles. The monoisotopic (exact) mass is 331 g/mol. The maximum atomic E-state index is 5.57. The Labute approximate surface area is 123 Å². The van der Waals surface area contributed by atoms with Crippen molar-refractivity contribution in [2.45, 2.75) is 39.4 Å². The molecule has 0 amide bonds. The summed E-state index contributed by atoms with van der Waals surface area (Å²) in [4.78, 5) is 9.14. The molecule has 5 nitrogen and oxygen atoms in total. The fraction of sp³-hybridized carbons (Fsp3) is 0.692. The molecule has 0 aliphatic carbocycles. The first kappa shape index (κ1) is 16.3. The third-order valence-corrected chi connectivity index (χ3v) is 3.98. The molecule has 0 radical (unpaired) electrons. The molecule has 0 fully saturated rings. The van der Waals surface area contributed by atoms with E-state index in [1.54, 1.807) is 14.2 Å². The first-order valence-corrected chi connectivity index (χ1v) is 7.16. The standard InChI is InChI=1S/C13H22BrN3O2/c1-6-13(3,19-5)12-16-9(8-18-4)10(14)11(17-12)15-7-2/h6-8H2,1-5H3,(H,15,16,17). The van der Waals surface area contributed by atoms with Crippen LogP contribution in [0.4, 0.5) is 5.82 Å². The van der Waals surface area contributed by atoms with Crippen LogP contribution in [0.1, 0.15) is 38.7 Å². The lowest BCUT2D eigenvalue weighted by Gasteiger charge is -2.26. The van der Waals surface area contributed by atoms with Crippen molar-refractivity contribution in [3.63, 3.8) is 0 Å². The molecular weight excluding hydrogens is 310 g/mol. The smallest absolute Gasteiger partial charge is 0.162 e. The molecule has 1 unspecified atom stereocenters. The van der Waals surface area contributed by atoms with Gasteiger partial charge >= 0.3 is 0 Å². The minimum absolute atomic E-state index is 0.429. The molecule has 0 aliphatic rings. The van der Waals surface area contributed by atoms with Crippen LogP contribution in [0.5, 0.6) is 0 Å². The lowest BCUT2D eigenvalue weighted by molar-refractivity contribution is -0.00932. The average molecular weight is 332 g/mol. The Bertz CT molecular complexity index is 395. The van der Waals surface area contributed by atoms with Gasteiger partial charge in [-0.05, 0) is 36.2 Å². The number of hydrogen-bond acceptors (Lipinski definition) is 5. The maximum absolute atomic E-state index is 5.57. The van der Waals surface area contributed by atoms with Crippen LogP contribution < -0.4 is 5.32 Å². The second-order valence-electron chi connectivity index (χ2n) is 4.41. The van der Waals surface area contributed by atoms with Gasteiger partial charge in [-0.1, -0.05) is 6.92 Å².